The Labute approximate surface area is 281 Å². The van der Waals surface area contributed by atoms with Gasteiger partial charge in [-0.1, -0.05) is 38.1 Å². The molecule has 1 aliphatic heterocycles. The molecule has 0 saturated carbocycles. The van der Waals surface area contributed by atoms with Crippen molar-refractivity contribution in [1.29, 1.82) is 0 Å². The highest BCUT2D eigenvalue weighted by molar-refractivity contribution is 8.00. The molecule has 2 unspecified atom stereocenters. The van der Waals surface area contributed by atoms with Gasteiger partial charge in [-0.3, -0.25) is 4.72 Å². The van der Waals surface area contributed by atoms with Crippen LogP contribution in [0.3, 0.4) is 0 Å². The number of nitrogens with one attached hydrogen (secondary N) is 2. The topological polar surface area (TPSA) is 131 Å². The van der Waals surface area contributed by atoms with E-state index < -0.39 is 5.97 Å². The third-order valence-electron chi connectivity index (χ3n) is 7.96. The summed E-state index contributed by atoms with van der Waals surface area (Å²) in [5.41, 5.74) is 4.20. The van der Waals surface area contributed by atoms with Crippen molar-refractivity contribution in [3.8, 4) is 22.9 Å². The molecule has 0 amide bonds. The molecule has 2 aromatic heterocycles. The maximum Gasteiger partial charge on any atom is 0.335 e. The summed E-state index contributed by atoms with van der Waals surface area (Å²) < 4.78 is 15.8. The second-order valence-corrected chi connectivity index (χ2v) is 13.6. The Balaban J connectivity index is 1.42. The fraction of sp³-hybridized carbons (Fsp3) is 0.417. The molecule has 5 rings (SSSR count). The van der Waals surface area contributed by atoms with Crippen LogP contribution in [0.1, 0.15) is 86.7 Å². The number of ether oxygens (including phenoxy) is 2. The van der Waals surface area contributed by atoms with E-state index in [4.69, 9.17) is 19.4 Å². The van der Waals surface area contributed by atoms with Crippen LogP contribution in [-0.4, -0.2) is 49.3 Å². The van der Waals surface area contributed by atoms with Crippen LogP contribution in [-0.2, 0) is 0 Å². The SMILES string of the molecule is Cc1cccc(C)c1-c1cc(OC2CCCC(c3ncc(OC(C)C)cn3)N[C@@H]2CC(C)C)nc(NSc2cccc(C(=O)O)c2)n1. The molecular formula is C36H44N6O4S. The summed E-state index contributed by atoms with van der Waals surface area (Å²) in [7, 11) is 0. The van der Waals surface area contributed by atoms with Gasteiger partial charge in [-0.15, -0.1) is 0 Å². The summed E-state index contributed by atoms with van der Waals surface area (Å²) >= 11 is 1.26. The average molecular weight is 657 g/mol. The van der Waals surface area contributed by atoms with E-state index in [0.717, 1.165) is 58.8 Å². The van der Waals surface area contributed by atoms with Crippen LogP contribution in [0, 0.1) is 19.8 Å². The van der Waals surface area contributed by atoms with E-state index in [9.17, 15) is 9.90 Å². The quantitative estimate of drug-likeness (QED) is 0.129. The Bertz CT molecular complexity index is 1650. The lowest BCUT2D eigenvalue weighted by molar-refractivity contribution is 0.0696. The lowest BCUT2D eigenvalue weighted by atomic mass is 9.97. The lowest BCUT2D eigenvalue weighted by Crippen LogP contribution is -2.44. The zero-order valence-electron chi connectivity index (χ0n) is 27.9. The van der Waals surface area contributed by atoms with E-state index in [1.807, 2.05) is 32.0 Å². The van der Waals surface area contributed by atoms with Gasteiger partial charge in [0.2, 0.25) is 11.8 Å². The van der Waals surface area contributed by atoms with Crippen LogP contribution >= 0.6 is 11.9 Å². The highest BCUT2D eigenvalue weighted by Crippen LogP contribution is 2.33. The number of aromatic carboxylic acids is 1. The van der Waals surface area contributed by atoms with Crippen molar-refractivity contribution in [3.63, 3.8) is 0 Å². The van der Waals surface area contributed by atoms with Gasteiger partial charge in [-0.25, -0.2) is 19.7 Å². The van der Waals surface area contributed by atoms with Crippen molar-refractivity contribution in [2.24, 2.45) is 5.92 Å². The number of aryl methyl sites for hydroxylation is 2. The van der Waals surface area contributed by atoms with Crippen LogP contribution in [0.15, 0.2) is 65.8 Å². The van der Waals surface area contributed by atoms with E-state index in [1.165, 1.54) is 11.9 Å². The summed E-state index contributed by atoms with van der Waals surface area (Å²) in [6, 6.07) is 14.9. The molecule has 1 aliphatic rings. The third kappa shape index (κ3) is 9.20. The van der Waals surface area contributed by atoms with Crippen LogP contribution in [0.4, 0.5) is 5.95 Å². The predicted octanol–water partition coefficient (Wildman–Crippen LogP) is 7.83. The fourth-order valence-electron chi connectivity index (χ4n) is 5.91. The molecule has 0 radical (unpaired) electrons. The smallest absolute Gasteiger partial charge is 0.335 e. The molecule has 248 valence electrons. The average Bonchev–Trinajstić information content (AvgIpc) is 3.21. The minimum atomic E-state index is -0.977. The number of carboxylic acids is 1. The first-order chi connectivity index (χ1) is 22.5. The molecule has 0 bridgehead atoms. The van der Waals surface area contributed by atoms with Crippen LogP contribution in [0.25, 0.3) is 11.3 Å². The maximum atomic E-state index is 11.5. The number of rotatable bonds is 12. The van der Waals surface area contributed by atoms with Crippen LogP contribution in [0.5, 0.6) is 11.6 Å². The molecule has 47 heavy (non-hydrogen) atoms. The van der Waals surface area contributed by atoms with Gasteiger partial charge < -0.3 is 19.9 Å². The normalized spacial score (nSPS) is 18.2. The predicted molar refractivity (Wildman–Crippen MR) is 185 cm³/mol. The monoisotopic (exact) mass is 656 g/mol. The Kier molecular flexibility index (Phi) is 11.3. The van der Waals surface area contributed by atoms with Gasteiger partial charge in [0, 0.05) is 22.6 Å². The first-order valence-corrected chi connectivity index (χ1v) is 17.0. The van der Waals surface area contributed by atoms with Gasteiger partial charge in [-0.2, -0.15) is 4.98 Å². The minimum Gasteiger partial charge on any atom is -0.488 e. The van der Waals surface area contributed by atoms with E-state index in [0.29, 0.717) is 23.5 Å². The Morgan fingerprint density at radius 1 is 1.02 bits per heavy atom. The molecule has 4 aromatic rings. The molecule has 3 heterocycles. The Morgan fingerprint density at radius 3 is 2.43 bits per heavy atom. The largest absolute Gasteiger partial charge is 0.488 e. The molecular weight excluding hydrogens is 613 g/mol. The number of aromatic nitrogens is 4. The third-order valence-corrected chi connectivity index (χ3v) is 8.73. The van der Waals surface area contributed by atoms with Crippen molar-refractivity contribution < 1.29 is 19.4 Å². The maximum absolute atomic E-state index is 11.5. The standard InChI is InChI=1S/C36H44N6O4S/c1-21(2)16-29-31(15-9-14-28(39-29)34-37-19-26(20-38-34)45-22(3)4)46-32-18-30(33-23(5)10-7-11-24(33)6)40-36(41-32)42-47-27-13-8-12-25(17-27)35(43)44/h7-8,10-13,17-22,28-29,31,39H,9,14-16H2,1-6H3,(H,43,44)(H,40,41,42)/t28?,29-,31?/m1/s1. The van der Waals surface area contributed by atoms with E-state index >= 15 is 0 Å². The van der Waals surface area contributed by atoms with Crippen molar-refractivity contribution in [2.45, 2.75) is 96.4 Å². The molecule has 0 aliphatic carbocycles. The van der Waals surface area contributed by atoms with E-state index in [1.54, 1.807) is 30.6 Å². The van der Waals surface area contributed by atoms with Gasteiger partial charge in [-0.05, 0) is 101 Å². The molecule has 11 heteroatoms. The highest BCUT2D eigenvalue weighted by Gasteiger charge is 2.32. The lowest BCUT2D eigenvalue weighted by Gasteiger charge is -2.29. The molecule has 1 saturated heterocycles. The summed E-state index contributed by atoms with van der Waals surface area (Å²) in [5.74, 6) is 1.73. The van der Waals surface area contributed by atoms with Crippen LogP contribution in [0.2, 0.25) is 0 Å². The van der Waals surface area contributed by atoms with Gasteiger partial charge in [0.1, 0.15) is 11.9 Å². The van der Waals surface area contributed by atoms with Gasteiger partial charge in [0.05, 0.1) is 35.8 Å². The summed E-state index contributed by atoms with van der Waals surface area (Å²) in [6.07, 6.45) is 6.99. The molecule has 3 atom stereocenters. The Hall–Kier alpha value is -4.22. The van der Waals surface area contributed by atoms with Crippen molar-refractivity contribution in [1.82, 2.24) is 25.3 Å². The summed E-state index contributed by atoms with van der Waals surface area (Å²) in [5, 5.41) is 13.3. The number of benzene rings is 2. The molecule has 10 nitrogen and oxygen atoms in total. The molecule has 3 N–H and O–H groups in total. The number of carbonyl (C=O) groups is 1. The zero-order chi connectivity index (χ0) is 33.5. The molecule has 1 fully saturated rings. The number of anilines is 1. The second-order valence-electron chi connectivity index (χ2n) is 12.7. The van der Waals surface area contributed by atoms with Crippen molar-refractivity contribution in [3.05, 3.63) is 83.4 Å². The van der Waals surface area contributed by atoms with E-state index in [-0.39, 0.29) is 29.9 Å². The summed E-state index contributed by atoms with van der Waals surface area (Å²) in [4.78, 5) is 31.2. The second kappa shape index (κ2) is 15.6. The van der Waals surface area contributed by atoms with Gasteiger partial charge in [0.15, 0.2) is 5.75 Å². The number of carboxylic acid groups (broad SMARTS) is 1. The number of hydrogen-bond acceptors (Lipinski definition) is 10. The number of hydrogen-bond donors (Lipinski definition) is 3. The Morgan fingerprint density at radius 2 is 1.74 bits per heavy atom. The molecule has 2 aromatic carbocycles. The fourth-order valence-corrected chi connectivity index (χ4v) is 6.55. The summed E-state index contributed by atoms with van der Waals surface area (Å²) in [6.45, 7) is 12.5. The van der Waals surface area contributed by atoms with Gasteiger partial charge >= 0.3 is 5.97 Å². The molecule has 0 spiro atoms. The minimum absolute atomic E-state index is 0.00813. The highest BCUT2D eigenvalue weighted by atomic mass is 32.2. The zero-order valence-corrected chi connectivity index (χ0v) is 28.7. The first kappa shape index (κ1) is 34.1. The number of nitrogens with zero attached hydrogens (tertiary/aromatic N) is 4. The van der Waals surface area contributed by atoms with Crippen molar-refractivity contribution in [2.75, 3.05) is 4.72 Å². The van der Waals surface area contributed by atoms with Crippen molar-refractivity contribution >= 4 is 23.9 Å². The van der Waals surface area contributed by atoms with Gasteiger partial charge in [0.25, 0.3) is 0 Å². The first-order valence-electron chi connectivity index (χ1n) is 16.2. The van der Waals surface area contributed by atoms with Crippen LogP contribution < -0.4 is 19.5 Å². The van der Waals surface area contributed by atoms with E-state index in [2.05, 4.69) is 59.8 Å².